The van der Waals surface area contributed by atoms with Gasteiger partial charge in [-0.2, -0.15) is 5.26 Å². The Bertz CT molecular complexity index is 459. The second-order valence-corrected chi connectivity index (χ2v) is 3.97. The molecule has 0 aliphatic carbocycles. The van der Waals surface area contributed by atoms with Gasteiger partial charge >= 0.3 is 0 Å². The van der Waals surface area contributed by atoms with Crippen molar-refractivity contribution in [2.45, 2.75) is 13.3 Å². The SMILES string of the molecule is CC/C(C#N)=C(\Cl)c1cc([N+](=O)[O-])cs1. The number of nitriles is 1. The highest BCUT2D eigenvalue weighted by Gasteiger charge is 2.13. The van der Waals surface area contributed by atoms with Crippen molar-refractivity contribution in [1.82, 2.24) is 0 Å². The molecule has 0 atom stereocenters. The Morgan fingerprint density at radius 1 is 1.80 bits per heavy atom. The molecule has 1 heterocycles. The molecule has 1 aromatic heterocycles. The largest absolute Gasteiger partial charge is 0.280 e. The first-order valence-electron chi connectivity index (χ1n) is 4.12. The van der Waals surface area contributed by atoms with Crippen molar-refractivity contribution in [3.63, 3.8) is 0 Å². The molecule has 0 bridgehead atoms. The third-order valence-electron chi connectivity index (χ3n) is 1.77. The predicted octanol–water partition coefficient (Wildman–Crippen LogP) is 3.54. The van der Waals surface area contributed by atoms with Crippen LogP contribution in [0.15, 0.2) is 17.0 Å². The third kappa shape index (κ3) is 2.55. The van der Waals surface area contributed by atoms with Crippen LogP contribution < -0.4 is 0 Å². The monoisotopic (exact) mass is 242 g/mol. The van der Waals surface area contributed by atoms with Crippen LogP contribution in [0.5, 0.6) is 0 Å². The van der Waals surface area contributed by atoms with Crippen molar-refractivity contribution >= 4 is 33.7 Å². The van der Waals surface area contributed by atoms with E-state index < -0.39 is 4.92 Å². The van der Waals surface area contributed by atoms with E-state index in [1.807, 2.05) is 13.0 Å². The van der Waals surface area contributed by atoms with E-state index in [-0.39, 0.29) is 5.69 Å². The van der Waals surface area contributed by atoms with Crippen LogP contribution in [-0.4, -0.2) is 4.92 Å². The summed E-state index contributed by atoms with van der Waals surface area (Å²) in [5, 5.41) is 20.9. The Morgan fingerprint density at radius 3 is 2.87 bits per heavy atom. The molecule has 0 amide bonds. The van der Waals surface area contributed by atoms with E-state index in [4.69, 9.17) is 16.9 Å². The number of rotatable bonds is 3. The Balaban J connectivity index is 3.13. The van der Waals surface area contributed by atoms with Crippen LogP contribution in [0.1, 0.15) is 18.2 Å². The van der Waals surface area contributed by atoms with Crippen molar-refractivity contribution in [2.24, 2.45) is 0 Å². The highest BCUT2D eigenvalue weighted by atomic mass is 35.5. The first kappa shape index (κ1) is 11.7. The van der Waals surface area contributed by atoms with E-state index >= 15 is 0 Å². The summed E-state index contributed by atoms with van der Waals surface area (Å²) in [6.45, 7) is 1.81. The lowest BCUT2D eigenvalue weighted by atomic mass is 10.2. The standard InChI is InChI=1S/C9H7ClN2O2S/c1-2-6(4-11)9(10)8-3-7(5-15-8)12(13)14/h3,5H,2H2,1H3/b9-6+. The molecule has 6 heteroatoms. The minimum Gasteiger partial charge on any atom is -0.258 e. The zero-order valence-corrected chi connectivity index (χ0v) is 9.43. The number of allylic oxidation sites excluding steroid dienone is 1. The van der Waals surface area contributed by atoms with Crippen LogP contribution in [0.4, 0.5) is 5.69 Å². The Morgan fingerprint density at radius 2 is 2.47 bits per heavy atom. The Hall–Kier alpha value is -1.38. The van der Waals surface area contributed by atoms with E-state index in [1.54, 1.807) is 0 Å². The van der Waals surface area contributed by atoms with E-state index in [2.05, 4.69) is 0 Å². The molecule has 0 fully saturated rings. The highest BCUT2D eigenvalue weighted by molar-refractivity contribution is 7.12. The summed E-state index contributed by atoms with van der Waals surface area (Å²) in [7, 11) is 0. The van der Waals surface area contributed by atoms with Gasteiger partial charge in [0.15, 0.2) is 0 Å². The summed E-state index contributed by atoms with van der Waals surface area (Å²) in [6, 6.07) is 3.35. The third-order valence-corrected chi connectivity index (χ3v) is 3.25. The second-order valence-electron chi connectivity index (χ2n) is 2.68. The fourth-order valence-electron chi connectivity index (χ4n) is 0.969. The summed E-state index contributed by atoms with van der Waals surface area (Å²) >= 11 is 7.10. The zero-order valence-electron chi connectivity index (χ0n) is 7.86. The smallest absolute Gasteiger partial charge is 0.258 e. The average Bonchev–Trinajstić information content (AvgIpc) is 2.68. The number of thiophene rings is 1. The molecule has 0 aromatic carbocycles. The second kappa shape index (κ2) is 4.91. The van der Waals surface area contributed by atoms with Crippen LogP contribution in [0, 0.1) is 21.4 Å². The molecule has 0 N–H and O–H groups in total. The van der Waals surface area contributed by atoms with Gasteiger partial charge < -0.3 is 0 Å². The molecular formula is C9H7ClN2O2S. The van der Waals surface area contributed by atoms with Crippen molar-refractivity contribution < 1.29 is 4.92 Å². The van der Waals surface area contributed by atoms with Crippen molar-refractivity contribution in [2.75, 3.05) is 0 Å². The fourth-order valence-corrected chi connectivity index (χ4v) is 2.15. The molecule has 78 valence electrons. The number of hydrogen-bond donors (Lipinski definition) is 0. The van der Waals surface area contributed by atoms with E-state index in [1.165, 1.54) is 11.4 Å². The van der Waals surface area contributed by atoms with Gasteiger partial charge in [-0.15, -0.1) is 11.3 Å². The first-order chi connectivity index (χ1) is 7.10. The predicted molar refractivity (Wildman–Crippen MR) is 59.7 cm³/mol. The Kier molecular flexibility index (Phi) is 3.83. The number of halogens is 1. The van der Waals surface area contributed by atoms with Gasteiger partial charge in [0.2, 0.25) is 0 Å². The minimum atomic E-state index is -0.484. The van der Waals surface area contributed by atoms with E-state index in [0.717, 1.165) is 11.3 Å². The van der Waals surface area contributed by atoms with E-state index in [9.17, 15) is 10.1 Å². The van der Waals surface area contributed by atoms with Crippen molar-refractivity contribution in [1.29, 1.82) is 5.26 Å². The zero-order chi connectivity index (χ0) is 11.4. The van der Waals surface area contributed by atoms with Crippen LogP contribution in [0.3, 0.4) is 0 Å². The molecule has 4 nitrogen and oxygen atoms in total. The van der Waals surface area contributed by atoms with Gasteiger partial charge in [0.25, 0.3) is 5.69 Å². The van der Waals surface area contributed by atoms with Gasteiger partial charge in [0, 0.05) is 11.6 Å². The van der Waals surface area contributed by atoms with E-state index in [0.29, 0.717) is 21.9 Å². The average molecular weight is 243 g/mol. The first-order valence-corrected chi connectivity index (χ1v) is 5.38. The molecule has 0 radical (unpaired) electrons. The van der Waals surface area contributed by atoms with Crippen molar-refractivity contribution in [3.8, 4) is 6.07 Å². The normalized spacial score (nSPS) is 11.8. The van der Waals surface area contributed by atoms with Crippen LogP contribution >= 0.6 is 22.9 Å². The molecule has 1 rings (SSSR count). The number of hydrogen-bond acceptors (Lipinski definition) is 4. The summed E-state index contributed by atoms with van der Waals surface area (Å²) < 4.78 is 0. The molecule has 0 aliphatic heterocycles. The maximum Gasteiger partial charge on any atom is 0.280 e. The molecule has 0 aliphatic rings. The maximum absolute atomic E-state index is 10.4. The maximum atomic E-state index is 10.4. The Labute approximate surface area is 95.6 Å². The lowest BCUT2D eigenvalue weighted by Crippen LogP contribution is -1.83. The van der Waals surface area contributed by atoms with Gasteiger partial charge in [-0.05, 0) is 6.42 Å². The lowest BCUT2D eigenvalue weighted by Gasteiger charge is -1.96. The molecule has 0 unspecified atom stereocenters. The quantitative estimate of drug-likeness (QED) is 0.463. The summed E-state index contributed by atoms with van der Waals surface area (Å²) in [6.07, 6.45) is 0.515. The van der Waals surface area contributed by atoms with Gasteiger partial charge in [-0.3, -0.25) is 10.1 Å². The van der Waals surface area contributed by atoms with Gasteiger partial charge in [0.05, 0.1) is 26.3 Å². The number of nitro groups is 1. The number of nitrogens with zero attached hydrogens (tertiary/aromatic N) is 2. The summed E-state index contributed by atoms with van der Waals surface area (Å²) in [4.78, 5) is 10.5. The summed E-state index contributed by atoms with van der Waals surface area (Å²) in [5.74, 6) is 0. The van der Waals surface area contributed by atoms with Gasteiger partial charge in [-0.1, -0.05) is 18.5 Å². The molecule has 15 heavy (non-hydrogen) atoms. The molecule has 0 saturated heterocycles. The van der Waals surface area contributed by atoms with Crippen LogP contribution in [-0.2, 0) is 0 Å². The summed E-state index contributed by atoms with van der Waals surface area (Å²) in [5.41, 5.74) is 0.440. The molecular weight excluding hydrogens is 236 g/mol. The molecule has 0 spiro atoms. The minimum absolute atomic E-state index is 0.00143. The molecule has 0 saturated carbocycles. The topological polar surface area (TPSA) is 66.9 Å². The fraction of sp³-hybridized carbons (Fsp3) is 0.222. The molecule has 1 aromatic rings. The highest BCUT2D eigenvalue weighted by Crippen LogP contribution is 2.32. The van der Waals surface area contributed by atoms with Gasteiger partial charge in [0.1, 0.15) is 0 Å². The van der Waals surface area contributed by atoms with Crippen LogP contribution in [0.2, 0.25) is 0 Å². The van der Waals surface area contributed by atoms with Crippen molar-refractivity contribution in [3.05, 3.63) is 32.0 Å². The van der Waals surface area contributed by atoms with Crippen LogP contribution in [0.25, 0.3) is 5.03 Å². The van der Waals surface area contributed by atoms with Gasteiger partial charge in [-0.25, -0.2) is 0 Å². The lowest BCUT2D eigenvalue weighted by molar-refractivity contribution is -0.384.